The van der Waals surface area contributed by atoms with E-state index in [4.69, 9.17) is 0 Å². The average molecular weight is 501 g/mol. The predicted molar refractivity (Wildman–Crippen MR) is 120 cm³/mol. The molecule has 1 aliphatic rings. The Balaban J connectivity index is 1.46. The van der Waals surface area contributed by atoms with Crippen LogP contribution in [-0.2, 0) is 16.6 Å². The van der Waals surface area contributed by atoms with Gasteiger partial charge in [0.05, 0.1) is 11.2 Å². The van der Waals surface area contributed by atoms with E-state index in [1.807, 2.05) is 11.9 Å². The lowest BCUT2D eigenvalue weighted by Gasteiger charge is -2.29. The molecule has 3 heterocycles. The van der Waals surface area contributed by atoms with Crippen molar-refractivity contribution < 1.29 is 21.6 Å². The molecule has 1 N–H and O–H groups in total. The van der Waals surface area contributed by atoms with Crippen molar-refractivity contribution in [3.8, 4) is 0 Å². The van der Waals surface area contributed by atoms with Gasteiger partial charge in [-0.3, -0.25) is 9.62 Å². The van der Waals surface area contributed by atoms with E-state index in [1.165, 1.54) is 40.6 Å². The quantitative estimate of drug-likeness (QED) is 0.508. The van der Waals surface area contributed by atoms with Gasteiger partial charge in [0.25, 0.3) is 10.0 Å². The van der Waals surface area contributed by atoms with Crippen LogP contribution in [0.25, 0.3) is 0 Å². The summed E-state index contributed by atoms with van der Waals surface area (Å²) in [6.45, 7) is 0.887. The molecule has 1 fully saturated rings. The number of likely N-dealkylation sites (tertiary alicyclic amines) is 1. The number of likely N-dealkylation sites (N-methyl/N-ethyl adjacent to an activating group) is 1. The molecule has 0 unspecified atom stereocenters. The molecule has 0 amide bonds. The normalized spacial score (nSPS) is 17.1. The van der Waals surface area contributed by atoms with Crippen LogP contribution in [-0.4, -0.2) is 54.3 Å². The number of nitrogens with zero attached hydrogens (tertiary/aromatic N) is 5. The van der Waals surface area contributed by atoms with Gasteiger partial charge in [0.1, 0.15) is 10.7 Å². The van der Waals surface area contributed by atoms with E-state index >= 15 is 0 Å². The zero-order valence-corrected chi connectivity index (χ0v) is 19.6. The Morgan fingerprint density at radius 1 is 1.36 bits per heavy atom. The molecule has 33 heavy (non-hydrogen) atoms. The third-order valence-electron chi connectivity index (χ3n) is 5.64. The molecule has 2 aromatic heterocycles. The van der Waals surface area contributed by atoms with E-state index in [-0.39, 0.29) is 11.9 Å². The Bertz CT molecular complexity index is 1220. The van der Waals surface area contributed by atoms with Gasteiger partial charge in [0.2, 0.25) is 0 Å². The van der Waals surface area contributed by atoms with E-state index in [2.05, 4.69) is 19.7 Å². The van der Waals surface area contributed by atoms with Crippen molar-refractivity contribution in [2.75, 3.05) is 29.8 Å². The van der Waals surface area contributed by atoms with Gasteiger partial charge in [0.15, 0.2) is 5.82 Å². The fraction of sp³-hybridized carbons (Fsp3) is 0.400. The molecule has 0 radical (unpaired) electrons. The zero-order valence-electron chi connectivity index (χ0n) is 18.0. The minimum absolute atomic E-state index is 0.0517. The fourth-order valence-corrected chi connectivity index (χ4v) is 5.66. The largest absolute Gasteiger partial charge is 0.370 e. The van der Waals surface area contributed by atoms with E-state index in [9.17, 15) is 21.6 Å². The van der Waals surface area contributed by atoms with Gasteiger partial charge in [-0.15, -0.1) is 11.3 Å². The molecule has 4 rings (SSSR count). The minimum Gasteiger partial charge on any atom is -0.370 e. The molecule has 1 atom stereocenters. The average Bonchev–Trinajstić information content (AvgIpc) is 3.51. The van der Waals surface area contributed by atoms with Crippen LogP contribution in [0.1, 0.15) is 24.2 Å². The number of thiazole rings is 1. The second kappa shape index (κ2) is 9.31. The highest BCUT2D eigenvalue weighted by Crippen LogP contribution is 2.30. The van der Waals surface area contributed by atoms with Crippen molar-refractivity contribution in [3.05, 3.63) is 52.4 Å². The fourth-order valence-electron chi connectivity index (χ4n) is 3.95. The number of alkyl halides is 2. The first-order valence-electron chi connectivity index (χ1n) is 10.1. The van der Waals surface area contributed by atoms with Crippen molar-refractivity contribution in [1.29, 1.82) is 0 Å². The van der Waals surface area contributed by atoms with Crippen molar-refractivity contribution in [1.82, 2.24) is 19.7 Å². The van der Waals surface area contributed by atoms with Gasteiger partial charge >= 0.3 is 6.55 Å². The highest BCUT2D eigenvalue weighted by molar-refractivity contribution is 7.92. The second-order valence-electron chi connectivity index (χ2n) is 7.90. The van der Waals surface area contributed by atoms with Gasteiger partial charge < -0.3 is 4.90 Å². The molecule has 1 aliphatic heterocycles. The Morgan fingerprint density at radius 2 is 2.15 bits per heavy atom. The topological polar surface area (TPSA) is 83.4 Å². The van der Waals surface area contributed by atoms with Crippen molar-refractivity contribution >= 4 is 32.9 Å². The third-order valence-corrected chi connectivity index (χ3v) is 7.59. The van der Waals surface area contributed by atoms with E-state index < -0.39 is 27.3 Å². The molecule has 0 aliphatic carbocycles. The van der Waals surface area contributed by atoms with Crippen molar-refractivity contribution in [2.24, 2.45) is 0 Å². The van der Waals surface area contributed by atoms with E-state index in [1.54, 1.807) is 13.0 Å². The highest BCUT2D eigenvalue weighted by atomic mass is 32.2. The summed E-state index contributed by atoms with van der Waals surface area (Å²) in [4.78, 5) is 7.47. The van der Waals surface area contributed by atoms with Crippen LogP contribution >= 0.6 is 11.3 Å². The van der Waals surface area contributed by atoms with Crippen LogP contribution in [0, 0.1) is 12.7 Å². The van der Waals surface area contributed by atoms with E-state index in [0.717, 1.165) is 13.0 Å². The highest BCUT2D eigenvalue weighted by Gasteiger charge is 2.29. The third kappa shape index (κ3) is 5.14. The summed E-state index contributed by atoms with van der Waals surface area (Å²) in [6.07, 6.45) is 2.04. The Hall–Kier alpha value is -2.64. The first-order valence-corrected chi connectivity index (χ1v) is 12.5. The first kappa shape index (κ1) is 23.5. The number of anilines is 2. The molecular formula is C20H23F3N6O2S2. The summed E-state index contributed by atoms with van der Waals surface area (Å²) < 4.78 is 68.5. The summed E-state index contributed by atoms with van der Waals surface area (Å²) in [6, 6.07) is 4.18. The zero-order chi connectivity index (χ0) is 23.8. The second-order valence-corrected chi connectivity index (χ2v) is 10.3. The number of aryl methyl sites for hydroxylation is 1. The molecule has 178 valence electrons. The van der Waals surface area contributed by atoms with Crippen molar-refractivity contribution in [2.45, 2.75) is 37.4 Å². The number of aromatic nitrogens is 3. The summed E-state index contributed by atoms with van der Waals surface area (Å²) in [7, 11) is -2.28. The van der Waals surface area contributed by atoms with Gasteiger partial charge in [0, 0.05) is 50.0 Å². The van der Waals surface area contributed by atoms with Crippen LogP contribution in [0.15, 0.2) is 40.2 Å². The lowest BCUT2D eigenvalue weighted by atomic mass is 10.1. The monoisotopic (exact) mass is 500 g/mol. The van der Waals surface area contributed by atoms with Crippen LogP contribution in [0.2, 0.25) is 0 Å². The maximum absolute atomic E-state index is 14.9. The van der Waals surface area contributed by atoms with Gasteiger partial charge in [-0.25, -0.2) is 22.5 Å². The summed E-state index contributed by atoms with van der Waals surface area (Å²) in [5.74, 6) is -0.708. The van der Waals surface area contributed by atoms with Crippen molar-refractivity contribution in [3.63, 3.8) is 0 Å². The molecule has 13 heteroatoms. The van der Waals surface area contributed by atoms with Crippen LogP contribution < -0.4 is 9.62 Å². The number of hydrogen-bond donors (Lipinski definition) is 1. The molecule has 0 bridgehead atoms. The smallest absolute Gasteiger partial charge is 0.333 e. The van der Waals surface area contributed by atoms with Crippen LogP contribution in [0.3, 0.4) is 0 Å². The maximum atomic E-state index is 14.9. The molecular weight excluding hydrogens is 477 g/mol. The molecule has 3 aromatic rings. The van der Waals surface area contributed by atoms with Crippen LogP contribution in [0.5, 0.6) is 0 Å². The first-order chi connectivity index (χ1) is 15.6. The lowest BCUT2D eigenvalue weighted by molar-refractivity contribution is 0.0558. The number of rotatable bonds is 8. The number of nitrogens with one attached hydrogen (secondary N) is 1. The van der Waals surface area contributed by atoms with E-state index in [0.29, 0.717) is 34.7 Å². The molecule has 8 nitrogen and oxygen atoms in total. The molecule has 1 aromatic carbocycles. The summed E-state index contributed by atoms with van der Waals surface area (Å²) >= 11 is 1.23. The Morgan fingerprint density at radius 3 is 2.82 bits per heavy atom. The Kier molecular flexibility index (Phi) is 6.64. The van der Waals surface area contributed by atoms with Crippen LogP contribution in [0.4, 0.5) is 24.7 Å². The SMILES string of the molecule is Cc1cc(S(=O)(=O)Nc2cscn2)c(F)cc1N(C)[C@H]1CCN(Cc2ccn(C(F)F)n2)C1. The molecule has 0 saturated carbocycles. The summed E-state index contributed by atoms with van der Waals surface area (Å²) in [5, 5.41) is 5.40. The minimum atomic E-state index is -4.12. The van der Waals surface area contributed by atoms with Gasteiger partial charge in [-0.1, -0.05) is 0 Å². The summed E-state index contributed by atoms with van der Waals surface area (Å²) in [5.41, 5.74) is 3.25. The number of hydrogen-bond acceptors (Lipinski definition) is 7. The van der Waals surface area contributed by atoms with Gasteiger partial charge in [-0.2, -0.15) is 13.9 Å². The number of benzene rings is 1. The lowest BCUT2D eigenvalue weighted by Crippen LogP contribution is -2.35. The molecule has 0 spiro atoms. The van der Waals surface area contributed by atoms with Gasteiger partial charge in [-0.05, 0) is 37.1 Å². The molecule has 1 saturated heterocycles. The number of halogens is 3. The Labute approximate surface area is 193 Å². The predicted octanol–water partition coefficient (Wildman–Crippen LogP) is 3.69. The maximum Gasteiger partial charge on any atom is 0.333 e. The number of sulfonamides is 1. The standard InChI is InChI=1S/C20H23F3N6O2S2/c1-13-7-18(33(30,31)26-19-11-32-12-24-19)16(21)8-17(13)27(2)15-4-5-28(10-15)9-14-3-6-29(25-14)20(22)23/h3,6-8,11-12,15,20,26H,4-5,9-10H2,1-2H3/t15-/m0/s1.